The number of rotatable bonds is 3. The number of carbonyl (C=O) groups is 1. The average molecular weight is 298 g/mol. The molecule has 6 nitrogen and oxygen atoms in total. The predicted octanol–water partition coefficient (Wildman–Crippen LogP) is 0.960. The minimum absolute atomic E-state index is 0.329. The summed E-state index contributed by atoms with van der Waals surface area (Å²) in [6.07, 6.45) is 5.98. The van der Waals surface area contributed by atoms with Crippen LogP contribution < -0.4 is 10.6 Å². The van der Waals surface area contributed by atoms with Gasteiger partial charge in [0.05, 0.1) is 0 Å². The Morgan fingerprint density at radius 1 is 1.14 bits per heavy atom. The molecule has 3 heterocycles. The maximum atomic E-state index is 11.3. The highest BCUT2D eigenvalue weighted by Gasteiger charge is 2.37. The fraction of sp³-hybridized carbons (Fsp3) is 0.312. The van der Waals surface area contributed by atoms with Crippen LogP contribution in [0.25, 0.3) is 11.1 Å². The minimum Gasteiger partial charge on any atom is -0.380 e. The molecule has 0 atom stereocenters. The van der Waals surface area contributed by atoms with Crippen molar-refractivity contribution >= 4 is 11.7 Å². The minimum atomic E-state index is -1.38. The summed E-state index contributed by atoms with van der Waals surface area (Å²) in [4.78, 5) is 21.8. The van der Waals surface area contributed by atoms with Crippen LogP contribution in [0.1, 0.15) is 12.8 Å². The van der Waals surface area contributed by atoms with Gasteiger partial charge < -0.3 is 15.7 Å². The zero-order chi connectivity index (χ0) is 15.6. The lowest BCUT2D eigenvalue weighted by Crippen LogP contribution is -2.52. The van der Waals surface area contributed by atoms with Gasteiger partial charge in [0.25, 0.3) is 0 Å². The molecule has 1 saturated heterocycles. The Balaban J connectivity index is 1.71. The summed E-state index contributed by atoms with van der Waals surface area (Å²) in [7, 11) is 0. The second-order valence-corrected chi connectivity index (χ2v) is 5.52. The molecule has 0 bridgehead atoms. The van der Waals surface area contributed by atoms with Crippen molar-refractivity contribution in [3.8, 4) is 11.1 Å². The van der Waals surface area contributed by atoms with Gasteiger partial charge in [-0.25, -0.2) is 4.98 Å². The van der Waals surface area contributed by atoms with Crippen molar-refractivity contribution in [3.05, 3.63) is 42.9 Å². The monoisotopic (exact) mass is 298 g/mol. The fourth-order valence-corrected chi connectivity index (χ4v) is 2.64. The molecule has 2 aromatic heterocycles. The molecular formula is C16H18N4O2. The molecule has 0 spiro atoms. The number of carbonyl (C=O) groups excluding carboxylic acids is 1. The predicted molar refractivity (Wildman–Crippen MR) is 83.1 cm³/mol. The first-order chi connectivity index (χ1) is 10.6. The Hall–Kier alpha value is -2.47. The van der Waals surface area contributed by atoms with E-state index in [9.17, 15) is 9.90 Å². The zero-order valence-electron chi connectivity index (χ0n) is 12.1. The van der Waals surface area contributed by atoms with Crippen LogP contribution in [0.2, 0.25) is 0 Å². The molecule has 114 valence electrons. The molecule has 22 heavy (non-hydrogen) atoms. The van der Waals surface area contributed by atoms with Gasteiger partial charge in [-0.2, -0.15) is 0 Å². The molecule has 0 unspecified atom stereocenters. The van der Waals surface area contributed by atoms with Crippen molar-refractivity contribution in [2.75, 3.05) is 18.0 Å². The van der Waals surface area contributed by atoms with Gasteiger partial charge in [-0.05, 0) is 29.8 Å². The maximum Gasteiger partial charge on any atom is 0.249 e. The second kappa shape index (κ2) is 5.73. The first-order valence-electron chi connectivity index (χ1n) is 7.22. The normalized spacial score (nSPS) is 17.2. The number of piperidine rings is 1. The summed E-state index contributed by atoms with van der Waals surface area (Å²) in [5.74, 6) is 0.192. The van der Waals surface area contributed by atoms with Gasteiger partial charge in [0, 0.05) is 50.1 Å². The maximum absolute atomic E-state index is 11.3. The highest BCUT2D eigenvalue weighted by Crippen LogP contribution is 2.26. The lowest BCUT2D eigenvalue weighted by Gasteiger charge is -2.36. The zero-order valence-corrected chi connectivity index (χ0v) is 12.1. The molecule has 0 radical (unpaired) electrons. The molecule has 1 fully saturated rings. The van der Waals surface area contributed by atoms with E-state index in [-0.39, 0.29) is 0 Å². The Bertz CT molecular complexity index is 650. The summed E-state index contributed by atoms with van der Waals surface area (Å²) in [6, 6.07) is 7.83. The van der Waals surface area contributed by atoms with Crippen LogP contribution in [-0.2, 0) is 4.79 Å². The molecule has 1 amide bonds. The van der Waals surface area contributed by atoms with Crippen LogP contribution in [0.5, 0.6) is 0 Å². The van der Waals surface area contributed by atoms with E-state index in [4.69, 9.17) is 5.73 Å². The Kier molecular flexibility index (Phi) is 3.77. The third-order valence-electron chi connectivity index (χ3n) is 4.13. The molecule has 0 aromatic carbocycles. The first-order valence-corrected chi connectivity index (χ1v) is 7.22. The van der Waals surface area contributed by atoms with Crippen molar-refractivity contribution < 1.29 is 9.90 Å². The average Bonchev–Trinajstić information content (AvgIpc) is 2.56. The van der Waals surface area contributed by atoms with Crippen LogP contribution in [0, 0.1) is 0 Å². The summed E-state index contributed by atoms with van der Waals surface area (Å²) in [6.45, 7) is 1.11. The molecule has 2 aromatic rings. The molecule has 3 rings (SSSR count). The largest absolute Gasteiger partial charge is 0.380 e. The fourth-order valence-electron chi connectivity index (χ4n) is 2.64. The number of primary amides is 1. The second-order valence-electron chi connectivity index (χ2n) is 5.52. The number of anilines is 1. The summed E-state index contributed by atoms with van der Waals surface area (Å²) in [5.41, 5.74) is 5.95. The van der Waals surface area contributed by atoms with E-state index in [2.05, 4.69) is 9.97 Å². The van der Waals surface area contributed by atoms with E-state index >= 15 is 0 Å². The molecule has 0 saturated carbocycles. The van der Waals surface area contributed by atoms with Crippen molar-refractivity contribution in [1.29, 1.82) is 0 Å². The van der Waals surface area contributed by atoms with Crippen LogP contribution in [0.3, 0.4) is 0 Å². The SMILES string of the molecule is NC(=O)C1(O)CCN(c2ccc(-c3ccncc3)cn2)CC1. The highest BCUT2D eigenvalue weighted by atomic mass is 16.3. The number of aliphatic hydroxyl groups is 1. The van der Waals surface area contributed by atoms with Gasteiger partial charge in [-0.15, -0.1) is 0 Å². The number of nitrogens with two attached hydrogens (primary N) is 1. The summed E-state index contributed by atoms with van der Waals surface area (Å²) >= 11 is 0. The van der Waals surface area contributed by atoms with Gasteiger partial charge in [0.2, 0.25) is 5.91 Å². The molecule has 3 N–H and O–H groups in total. The smallest absolute Gasteiger partial charge is 0.249 e. The van der Waals surface area contributed by atoms with E-state index in [0.29, 0.717) is 25.9 Å². The highest BCUT2D eigenvalue weighted by molar-refractivity contribution is 5.83. The van der Waals surface area contributed by atoms with Crippen molar-refractivity contribution in [2.45, 2.75) is 18.4 Å². The molecule has 1 aliphatic heterocycles. The number of amides is 1. The lowest BCUT2D eigenvalue weighted by atomic mass is 9.91. The van der Waals surface area contributed by atoms with Crippen molar-refractivity contribution in [3.63, 3.8) is 0 Å². The number of aromatic nitrogens is 2. The van der Waals surface area contributed by atoms with Gasteiger partial charge in [0.15, 0.2) is 0 Å². The van der Waals surface area contributed by atoms with E-state index in [1.807, 2.05) is 35.4 Å². The first kappa shape index (κ1) is 14.5. The Labute approximate surface area is 128 Å². The Morgan fingerprint density at radius 3 is 2.36 bits per heavy atom. The van der Waals surface area contributed by atoms with Gasteiger partial charge >= 0.3 is 0 Å². The van der Waals surface area contributed by atoms with Crippen LogP contribution >= 0.6 is 0 Å². The summed E-state index contributed by atoms with van der Waals surface area (Å²) in [5, 5.41) is 10.1. The van der Waals surface area contributed by atoms with Crippen LogP contribution in [0.15, 0.2) is 42.9 Å². The molecule has 0 aliphatic carbocycles. The van der Waals surface area contributed by atoms with Crippen molar-refractivity contribution in [1.82, 2.24) is 9.97 Å². The van der Waals surface area contributed by atoms with Crippen molar-refractivity contribution in [2.24, 2.45) is 5.73 Å². The third kappa shape index (κ3) is 2.78. The molecular weight excluding hydrogens is 280 g/mol. The standard InChI is InChI=1S/C16H18N4O2/c17-15(21)16(22)5-9-20(10-6-16)14-2-1-13(11-19-14)12-3-7-18-8-4-12/h1-4,7-8,11,22H,5-6,9-10H2,(H2,17,21). The Morgan fingerprint density at radius 2 is 1.82 bits per heavy atom. The number of pyridine rings is 2. The van der Waals surface area contributed by atoms with E-state index in [1.54, 1.807) is 12.4 Å². The van der Waals surface area contributed by atoms with Crippen LogP contribution in [-0.4, -0.2) is 39.7 Å². The van der Waals surface area contributed by atoms with E-state index < -0.39 is 11.5 Å². The number of hydrogen-bond acceptors (Lipinski definition) is 5. The molecule has 6 heteroatoms. The lowest BCUT2D eigenvalue weighted by molar-refractivity contribution is -0.138. The van der Waals surface area contributed by atoms with Gasteiger partial charge in [-0.1, -0.05) is 0 Å². The topological polar surface area (TPSA) is 92.3 Å². The number of nitrogens with zero attached hydrogens (tertiary/aromatic N) is 3. The van der Waals surface area contributed by atoms with E-state index in [0.717, 1.165) is 16.9 Å². The summed E-state index contributed by atoms with van der Waals surface area (Å²) < 4.78 is 0. The number of hydrogen-bond donors (Lipinski definition) is 2. The third-order valence-corrected chi connectivity index (χ3v) is 4.13. The van der Waals surface area contributed by atoms with Crippen LogP contribution in [0.4, 0.5) is 5.82 Å². The van der Waals surface area contributed by atoms with Gasteiger partial charge in [-0.3, -0.25) is 9.78 Å². The van der Waals surface area contributed by atoms with E-state index in [1.165, 1.54) is 0 Å². The van der Waals surface area contributed by atoms with Gasteiger partial charge in [0.1, 0.15) is 11.4 Å². The quantitative estimate of drug-likeness (QED) is 0.880. The molecule has 1 aliphatic rings.